The molecule has 0 radical (unpaired) electrons. The summed E-state index contributed by atoms with van der Waals surface area (Å²) in [7, 11) is 1.59. The molecule has 0 aliphatic carbocycles. The third-order valence-corrected chi connectivity index (χ3v) is 6.68. The summed E-state index contributed by atoms with van der Waals surface area (Å²) in [4.78, 5) is 39.7. The van der Waals surface area contributed by atoms with Gasteiger partial charge in [0.15, 0.2) is 0 Å². The van der Waals surface area contributed by atoms with Crippen molar-refractivity contribution in [2.75, 3.05) is 19.4 Å². The minimum Gasteiger partial charge on any atom is -0.496 e. The Balaban J connectivity index is 1.58. The second-order valence-electron chi connectivity index (χ2n) is 7.07. The highest BCUT2D eigenvalue weighted by Gasteiger charge is 2.51. The minimum absolute atomic E-state index is 0.0658. The van der Waals surface area contributed by atoms with E-state index in [1.165, 1.54) is 16.7 Å². The Morgan fingerprint density at radius 2 is 2.14 bits per heavy atom. The van der Waals surface area contributed by atoms with E-state index in [9.17, 15) is 19.5 Å². The fourth-order valence-electron chi connectivity index (χ4n) is 3.85. The van der Waals surface area contributed by atoms with Crippen LogP contribution in [0.5, 0.6) is 5.75 Å². The molecule has 2 amide bonds. The predicted octanol–water partition coefficient (Wildman–Crippen LogP) is 0.935. The van der Waals surface area contributed by atoms with Gasteiger partial charge in [-0.2, -0.15) is 0 Å². The van der Waals surface area contributed by atoms with Gasteiger partial charge >= 0.3 is 5.97 Å². The van der Waals surface area contributed by atoms with Gasteiger partial charge < -0.3 is 20.5 Å². The number of carboxylic acid groups (broad SMARTS) is 1. The Labute approximate surface area is 172 Å². The Morgan fingerprint density at radius 1 is 1.38 bits per heavy atom. The number of allylic oxidation sites excluding steroid dienone is 1. The van der Waals surface area contributed by atoms with Crippen LogP contribution in [0.3, 0.4) is 0 Å². The van der Waals surface area contributed by atoms with Crippen molar-refractivity contribution in [3.05, 3.63) is 52.7 Å². The maximum atomic E-state index is 12.9. The Kier molecular flexibility index (Phi) is 5.10. The van der Waals surface area contributed by atoms with Gasteiger partial charge in [0.25, 0.3) is 0 Å². The van der Waals surface area contributed by atoms with Gasteiger partial charge in [0.1, 0.15) is 22.9 Å². The molecule has 9 heteroatoms. The average Bonchev–Trinajstić information content (AvgIpc) is 3.06. The van der Waals surface area contributed by atoms with Crippen LogP contribution in [0.2, 0.25) is 0 Å². The predicted molar refractivity (Wildman–Crippen MR) is 107 cm³/mol. The van der Waals surface area contributed by atoms with Crippen molar-refractivity contribution >= 4 is 29.5 Å². The number of fused-ring (bicyclic) bond motifs is 1. The molecule has 2 atom stereocenters. The number of carbonyl (C=O) groups excluding carboxylic acids is 2. The molecular weight excluding hydrogens is 394 g/mol. The number of para-hydroxylation sites is 1. The molecule has 0 aromatic heterocycles. The van der Waals surface area contributed by atoms with Crippen LogP contribution in [-0.2, 0) is 20.9 Å². The molecular formula is C20H21N3O5S. The maximum absolute atomic E-state index is 12.9. The van der Waals surface area contributed by atoms with Crippen molar-refractivity contribution in [1.82, 2.24) is 9.80 Å². The molecule has 3 aliphatic heterocycles. The van der Waals surface area contributed by atoms with Gasteiger partial charge in [-0.05, 0) is 24.1 Å². The lowest BCUT2D eigenvalue weighted by molar-refractivity contribution is -0.147. The van der Waals surface area contributed by atoms with E-state index in [1.54, 1.807) is 18.1 Å². The molecule has 3 N–H and O–H groups in total. The molecule has 3 aliphatic rings. The first-order chi connectivity index (χ1) is 13.9. The number of likely N-dealkylation sites (tertiary alicyclic amines) is 1. The van der Waals surface area contributed by atoms with Gasteiger partial charge in [-0.1, -0.05) is 18.2 Å². The number of hydrogen-bond acceptors (Lipinski definition) is 6. The number of nitrogens with two attached hydrogens (primary N) is 1. The van der Waals surface area contributed by atoms with Crippen molar-refractivity contribution < 1.29 is 24.2 Å². The molecule has 29 heavy (non-hydrogen) atoms. The lowest BCUT2D eigenvalue weighted by Crippen LogP contribution is -2.68. The number of β-lactam (4-membered cyclic amide) rings is 1. The van der Waals surface area contributed by atoms with Gasteiger partial charge in [0.2, 0.25) is 11.8 Å². The van der Waals surface area contributed by atoms with E-state index >= 15 is 0 Å². The summed E-state index contributed by atoms with van der Waals surface area (Å²) in [5, 5.41) is 9.29. The van der Waals surface area contributed by atoms with Gasteiger partial charge in [-0.25, -0.2) is 4.79 Å². The number of carbonyl (C=O) groups is 3. The van der Waals surface area contributed by atoms with E-state index in [2.05, 4.69) is 0 Å². The topological polar surface area (TPSA) is 113 Å². The number of nitrogens with zero attached hydrogens (tertiary/aromatic N) is 2. The summed E-state index contributed by atoms with van der Waals surface area (Å²) in [6, 6.07) is 6.85. The SMILES string of the molecule is COc1ccccc1CN1CCC(=CC2=C(C(=O)O)N3C(=O)[C@@H](N)[C@H]3SC2)C1=O. The monoisotopic (exact) mass is 415 g/mol. The molecule has 2 saturated heterocycles. The van der Waals surface area contributed by atoms with Gasteiger partial charge in [0.05, 0.1) is 7.11 Å². The van der Waals surface area contributed by atoms with Crippen LogP contribution >= 0.6 is 11.8 Å². The highest BCUT2D eigenvalue weighted by Crippen LogP contribution is 2.40. The zero-order chi connectivity index (χ0) is 20.7. The second-order valence-corrected chi connectivity index (χ2v) is 8.18. The summed E-state index contributed by atoms with van der Waals surface area (Å²) in [5.74, 6) is -0.597. The van der Waals surface area contributed by atoms with E-state index in [0.717, 1.165) is 11.3 Å². The minimum atomic E-state index is -1.18. The number of amides is 2. The fraction of sp³-hybridized carbons (Fsp3) is 0.350. The molecule has 2 fully saturated rings. The lowest BCUT2D eigenvalue weighted by atomic mass is 10.0. The number of thioether (sulfide) groups is 1. The van der Waals surface area contributed by atoms with Crippen LogP contribution in [-0.4, -0.2) is 63.5 Å². The van der Waals surface area contributed by atoms with E-state index in [4.69, 9.17) is 10.5 Å². The Morgan fingerprint density at radius 3 is 2.86 bits per heavy atom. The van der Waals surface area contributed by atoms with Crippen molar-refractivity contribution in [1.29, 1.82) is 0 Å². The number of hydrogen-bond donors (Lipinski definition) is 2. The molecule has 0 saturated carbocycles. The molecule has 3 heterocycles. The molecule has 4 rings (SSSR count). The van der Waals surface area contributed by atoms with E-state index in [-0.39, 0.29) is 17.0 Å². The summed E-state index contributed by atoms with van der Waals surface area (Å²) in [6.45, 7) is 0.961. The summed E-state index contributed by atoms with van der Waals surface area (Å²) < 4.78 is 5.35. The normalized spacial score (nSPS) is 25.4. The lowest BCUT2D eigenvalue weighted by Gasteiger charge is -2.47. The summed E-state index contributed by atoms with van der Waals surface area (Å²) in [5.41, 5.74) is 7.63. The van der Waals surface area contributed by atoms with E-state index in [0.29, 0.717) is 36.4 Å². The Hall–Kier alpha value is -2.78. The van der Waals surface area contributed by atoms with Crippen molar-refractivity contribution in [3.63, 3.8) is 0 Å². The summed E-state index contributed by atoms with van der Waals surface area (Å²) in [6.07, 6.45) is 2.15. The molecule has 1 aromatic carbocycles. The van der Waals surface area contributed by atoms with Crippen molar-refractivity contribution in [2.45, 2.75) is 24.4 Å². The smallest absolute Gasteiger partial charge is 0.352 e. The van der Waals surface area contributed by atoms with Crippen molar-refractivity contribution in [3.8, 4) is 5.75 Å². The van der Waals surface area contributed by atoms with Crippen LogP contribution in [0.25, 0.3) is 0 Å². The molecule has 1 aromatic rings. The molecule has 8 nitrogen and oxygen atoms in total. The largest absolute Gasteiger partial charge is 0.496 e. The van der Waals surface area contributed by atoms with Crippen LogP contribution in [0.1, 0.15) is 12.0 Å². The van der Waals surface area contributed by atoms with Crippen LogP contribution < -0.4 is 10.5 Å². The first-order valence-corrected chi connectivity index (χ1v) is 10.3. The van der Waals surface area contributed by atoms with Crippen molar-refractivity contribution in [2.24, 2.45) is 5.73 Å². The number of aliphatic carboxylic acids is 1. The standard InChI is InChI=1S/C20H21N3O5S/c1-28-14-5-3-2-4-12(14)9-22-7-6-11(17(22)24)8-13-10-29-19-15(21)18(25)23(19)16(13)20(26)27/h2-5,8,15,19H,6-7,9-10,21H2,1H3,(H,26,27)/t15-,19-/m1/s1. The molecule has 0 unspecified atom stereocenters. The maximum Gasteiger partial charge on any atom is 0.352 e. The van der Waals surface area contributed by atoms with Crippen LogP contribution in [0.4, 0.5) is 0 Å². The van der Waals surface area contributed by atoms with E-state index < -0.39 is 17.9 Å². The third-order valence-electron chi connectivity index (χ3n) is 5.36. The third kappa shape index (κ3) is 3.30. The fourth-order valence-corrected chi connectivity index (χ4v) is 5.10. The highest BCUT2D eigenvalue weighted by molar-refractivity contribution is 8.00. The zero-order valence-electron chi connectivity index (χ0n) is 15.8. The number of ether oxygens (including phenoxy) is 1. The first kappa shape index (κ1) is 19.5. The quantitative estimate of drug-likeness (QED) is 0.543. The zero-order valence-corrected chi connectivity index (χ0v) is 16.6. The molecule has 0 spiro atoms. The van der Waals surface area contributed by atoms with Gasteiger partial charge in [0, 0.05) is 30.0 Å². The Bertz CT molecular complexity index is 957. The van der Waals surface area contributed by atoms with Crippen LogP contribution in [0, 0.1) is 0 Å². The average molecular weight is 415 g/mol. The first-order valence-electron chi connectivity index (χ1n) is 9.20. The van der Waals surface area contributed by atoms with Gasteiger partial charge in [-0.15, -0.1) is 11.8 Å². The number of methoxy groups -OCH3 is 1. The highest BCUT2D eigenvalue weighted by atomic mass is 32.2. The molecule has 152 valence electrons. The van der Waals surface area contributed by atoms with Crippen LogP contribution in [0.15, 0.2) is 47.2 Å². The second kappa shape index (κ2) is 7.57. The summed E-state index contributed by atoms with van der Waals surface area (Å²) >= 11 is 1.42. The number of benzene rings is 1. The molecule has 0 bridgehead atoms. The number of rotatable bonds is 5. The van der Waals surface area contributed by atoms with E-state index in [1.807, 2.05) is 24.3 Å². The van der Waals surface area contributed by atoms with Gasteiger partial charge in [-0.3, -0.25) is 14.5 Å². The number of carboxylic acids is 1.